The summed E-state index contributed by atoms with van der Waals surface area (Å²) in [6.07, 6.45) is -3.39. The Bertz CT molecular complexity index is 1090. The van der Waals surface area contributed by atoms with Crippen LogP contribution in [0, 0.1) is 0 Å². The molecule has 0 aliphatic heterocycles. The number of anilines is 1. The summed E-state index contributed by atoms with van der Waals surface area (Å²) < 4.78 is 46.3. The van der Waals surface area contributed by atoms with Gasteiger partial charge in [-0.1, -0.05) is 29.3 Å². The average Bonchev–Trinajstić information content (AvgIpc) is 3.08. The molecule has 0 unspecified atom stereocenters. The van der Waals surface area contributed by atoms with E-state index in [0.29, 0.717) is 27.7 Å². The zero-order valence-corrected chi connectivity index (χ0v) is 18.2. The largest absolute Gasteiger partial charge is 0.495 e. The highest BCUT2D eigenvalue weighted by Crippen LogP contribution is 2.39. The van der Waals surface area contributed by atoms with Gasteiger partial charge >= 0.3 is 6.18 Å². The summed E-state index contributed by atoms with van der Waals surface area (Å²) >= 11 is 11.9. The molecule has 3 aromatic rings. The topological polar surface area (TPSA) is 81.1 Å². The van der Waals surface area contributed by atoms with Crippen LogP contribution in [0.25, 0.3) is 11.4 Å². The molecule has 0 spiro atoms. The van der Waals surface area contributed by atoms with Gasteiger partial charge < -0.3 is 15.4 Å². The quantitative estimate of drug-likeness (QED) is 0.457. The number of alkyl halides is 3. The first kappa shape index (κ1) is 23.7. The Morgan fingerprint density at radius 1 is 1.19 bits per heavy atom. The summed E-state index contributed by atoms with van der Waals surface area (Å²) in [5.74, 6) is -0.169. The molecule has 0 saturated carbocycles. The zero-order valence-electron chi connectivity index (χ0n) is 16.7. The molecule has 2 heterocycles. The number of halogens is 5. The lowest BCUT2D eigenvalue weighted by molar-refractivity contribution is -0.144. The lowest BCUT2D eigenvalue weighted by atomic mass is 10.2. The smallest absolute Gasteiger partial charge is 0.434 e. The molecule has 12 heteroatoms. The van der Waals surface area contributed by atoms with E-state index in [1.165, 1.54) is 19.4 Å². The van der Waals surface area contributed by atoms with Crippen molar-refractivity contribution in [1.29, 1.82) is 0 Å². The van der Waals surface area contributed by atoms with Crippen molar-refractivity contribution in [1.82, 2.24) is 20.1 Å². The van der Waals surface area contributed by atoms with Crippen molar-refractivity contribution in [2.24, 2.45) is 0 Å². The molecular weight excluding hydrogens is 470 g/mol. The number of benzene rings is 1. The molecule has 1 amide bonds. The lowest BCUT2D eigenvalue weighted by Gasteiger charge is -2.12. The second-order valence-electron chi connectivity index (χ2n) is 6.51. The van der Waals surface area contributed by atoms with Crippen molar-refractivity contribution in [2.75, 3.05) is 25.5 Å². The third-order valence-corrected chi connectivity index (χ3v) is 4.96. The standard InChI is InChI=1S/C20H18Cl2F3N5O2/c1-32-15-10-12(5-6-13(15)21)26-8-9-28-16(31)11-30-19(20(23,24)25)17(22)18(29-30)14-4-2-3-7-27-14/h2-7,10,26H,8-9,11H2,1H3,(H,28,31). The Morgan fingerprint density at radius 3 is 2.62 bits per heavy atom. The summed E-state index contributed by atoms with van der Waals surface area (Å²) in [4.78, 5) is 16.2. The first-order valence-electron chi connectivity index (χ1n) is 9.29. The van der Waals surface area contributed by atoms with Crippen LogP contribution in [-0.4, -0.2) is 40.9 Å². The van der Waals surface area contributed by atoms with Gasteiger partial charge in [-0.15, -0.1) is 0 Å². The molecule has 0 saturated heterocycles. The van der Waals surface area contributed by atoms with Crippen molar-refractivity contribution in [2.45, 2.75) is 12.7 Å². The summed E-state index contributed by atoms with van der Waals surface area (Å²) in [6.45, 7) is -0.176. The van der Waals surface area contributed by atoms with Crippen LogP contribution in [0.5, 0.6) is 5.75 Å². The van der Waals surface area contributed by atoms with Crippen LogP contribution in [-0.2, 0) is 17.5 Å². The maximum absolute atomic E-state index is 13.5. The second kappa shape index (κ2) is 10.1. The van der Waals surface area contributed by atoms with Crippen LogP contribution >= 0.6 is 23.2 Å². The molecule has 32 heavy (non-hydrogen) atoms. The molecule has 0 fully saturated rings. The van der Waals surface area contributed by atoms with E-state index in [-0.39, 0.29) is 17.9 Å². The zero-order chi connectivity index (χ0) is 23.3. The fourth-order valence-electron chi connectivity index (χ4n) is 2.86. The number of aromatic nitrogens is 3. The predicted molar refractivity (Wildman–Crippen MR) is 115 cm³/mol. The van der Waals surface area contributed by atoms with Crippen molar-refractivity contribution in [3.63, 3.8) is 0 Å². The Morgan fingerprint density at radius 2 is 1.97 bits per heavy atom. The van der Waals surface area contributed by atoms with Crippen LogP contribution in [0.2, 0.25) is 10.0 Å². The molecule has 2 N–H and O–H groups in total. The fraction of sp³-hybridized carbons (Fsp3) is 0.250. The van der Waals surface area contributed by atoms with Gasteiger partial charge in [-0.3, -0.25) is 9.78 Å². The van der Waals surface area contributed by atoms with E-state index in [9.17, 15) is 18.0 Å². The van der Waals surface area contributed by atoms with E-state index in [1.807, 2.05) is 0 Å². The van der Waals surface area contributed by atoms with E-state index < -0.39 is 29.3 Å². The normalized spacial score (nSPS) is 11.3. The molecular formula is C20H18Cl2F3N5O2. The van der Waals surface area contributed by atoms with Gasteiger partial charge in [0.15, 0.2) is 5.69 Å². The van der Waals surface area contributed by atoms with Crippen LogP contribution in [0.4, 0.5) is 18.9 Å². The van der Waals surface area contributed by atoms with Gasteiger partial charge in [0.05, 0.1) is 17.8 Å². The highest BCUT2D eigenvalue weighted by Gasteiger charge is 2.40. The molecule has 1 aromatic carbocycles. The number of carbonyl (C=O) groups is 1. The Balaban J connectivity index is 1.64. The van der Waals surface area contributed by atoms with Gasteiger partial charge in [0.25, 0.3) is 0 Å². The Hall–Kier alpha value is -2.98. The third kappa shape index (κ3) is 5.63. The van der Waals surface area contributed by atoms with Crippen molar-refractivity contribution in [3.8, 4) is 17.1 Å². The minimum Gasteiger partial charge on any atom is -0.495 e. The van der Waals surface area contributed by atoms with Crippen LogP contribution < -0.4 is 15.4 Å². The molecule has 170 valence electrons. The average molecular weight is 488 g/mol. The number of amides is 1. The summed E-state index contributed by atoms with van der Waals surface area (Å²) in [5, 5.41) is 9.33. The van der Waals surface area contributed by atoms with Gasteiger partial charge in [-0.2, -0.15) is 18.3 Å². The molecule has 7 nitrogen and oxygen atoms in total. The van der Waals surface area contributed by atoms with Gasteiger partial charge in [-0.25, -0.2) is 4.68 Å². The first-order chi connectivity index (χ1) is 15.2. The molecule has 2 aromatic heterocycles. The molecule has 0 aliphatic rings. The fourth-order valence-corrected chi connectivity index (χ4v) is 3.40. The molecule has 0 aliphatic carbocycles. The van der Waals surface area contributed by atoms with Gasteiger partial charge in [0.1, 0.15) is 23.0 Å². The number of rotatable bonds is 8. The number of pyridine rings is 1. The van der Waals surface area contributed by atoms with Crippen LogP contribution in [0.1, 0.15) is 5.69 Å². The van der Waals surface area contributed by atoms with Gasteiger partial charge in [0, 0.05) is 31.0 Å². The van der Waals surface area contributed by atoms with Gasteiger partial charge in [-0.05, 0) is 24.3 Å². The minimum absolute atomic E-state index is 0.147. The van der Waals surface area contributed by atoms with Crippen LogP contribution in [0.15, 0.2) is 42.6 Å². The Kier molecular flexibility index (Phi) is 7.47. The molecule has 0 radical (unpaired) electrons. The molecule has 0 bridgehead atoms. The highest BCUT2D eigenvalue weighted by molar-refractivity contribution is 6.33. The van der Waals surface area contributed by atoms with Crippen molar-refractivity contribution in [3.05, 3.63) is 58.3 Å². The number of nitrogens with zero attached hydrogens (tertiary/aromatic N) is 3. The number of hydrogen-bond acceptors (Lipinski definition) is 5. The van der Waals surface area contributed by atoms with Crippen LogP contribution in [0.3, 0.4) is 0 Å². The third-order valence-electron chi connectivity index (χ3n) is 4.29. The number of carbonyl (C=O) groups excluding carboxylic acids is 1. The predicted octanol–water partition coefficient (Wildman–Crippen LogP) is 4.51. The van der Waals surface area contributed by atoms with Gasteiger partial charge in [0.2, 0.25) is 5.91 Å². The summed E-state index contributed by atoms with van der Waals surface area (Å²) in [7, 11) is 1.49. The maximum Gasteiger partial charge on any atom is 0.434 e. The molecule has 0 atom stereocenters. The molecule has 3 rings (SSSR count). The second-order valence-corrected chi connectivity index (χ2v) is 7.29. The maximum atomic E-state index is 13.5. The number of hydrogen-bond donors (Lipinski definition) is 2. The van der Waals surface area contributed by atoms with E-state index in [0.717, 1.165) is 0 Å². The minimum atomic E-state index is -4.80. The summed E-state index contributed by atoms with van der Waals surface area (Å²) in [5.41, 5.74) is -0.476. The Labute approximate surface area is 191 Å². The number of ether oxygens (including phenoxy) is 1. The summed E-state index contributed by atoms with van der Waals surface area (Å²) in [6, 6.07) is 9.76. The van der Waals surface area contributed by atoms with E-state index in [1.54, 1.807) is 30.3 Å². The SMILES string of the molecule is COc1cc(NCCNC(=O)Cn2nc(-c3ccccn3)c(Cl)c2C(F)(F)F)ccc1Cl. The highest BCUT2D eigenvalue weighted by atomic mass is 35.5. The first-order valence-corrected chi connectivity index (χ1v) is 10.0. The van der Waals surface area contributed by atoms with E-state index in [2.05, 4.69) is 20.7 Å². The van der Waals surface area contributed by atoms with E-state index in [4.69, 9.17) is 27.9 Å². The number of methoxy groups -OCH3 is 1. The van der Waals surface area contributed by atoms with Crippen molar-refractivity contribution >= 4 is 34.8 Å². The number of nitrogens with one attached hydrogen (secondary N) is 2. The van der Waals surface area contributed by atoms with E-state index >= 15 is 0 Å². The monoisotopic (exact) mass is 487 g/mol. The van der Waals surface area contributed by atoms with Crippen molar-refractivity contribution < 1.29 is 22.7 Å². The lowest BCUT2D eigenvalue weighted by Crippen LogP contribution is -2.33.